The number of carbonyl (C=O) groups is 1. The average molecular weight is 456 g/mol. The molecule has 0 atom stereocenters. The molecule has 1 heterocycles. The molecule has 0 radical (unpaired) electrons. The number of amides is 1. The number of carbonyl (C=O) groups excluding carboxylic acids is 1. The maximum atomic E-state index is 12.5. The third-order valence-corrected chi connectivity index (χ3v) is 5.06. The van der Waals surface area contributed by atoms with Crippen LogP contribution in [0.3, 0.4) is 0 Å². The van der Waals surface area contributed by atoms with Crippen LogP contribution in [0.5, 0.6) is 11.5 Å². The van der Waals surface area contributed by atoms with E-state index in [0.717, 1.165) is 12.1 Å². The molecule has 9 nitrogen and oxygen atoms in total. The summed E-state index contributed by atoms with van der Waals surface area (Å²) in [6.45, 7) is 1.50. The monoisotopic (exact) mass is 456 g/mol. The standard InChI is InChI=1S/C18H15F3N4O5S/c1-9(10-3-6-14(29-2)15(7-10)31(22,27)28)24-25-16-12-8-11(30-18(19,20)21)4-5-13(12)23-17(16)26/h3-8H,1-2H3,(H2,22,27,28)(H,23,25,26)/b24-9+. The van der Waals surface area contributed by atoms with Crippen LogP contribution in [-0.2, 0) is 14.8 Å². The number of fused-ring (bicyclic) bond motifs is 1. The molecule has 0 saturated heterocycles. The van der Waals surface area contributed by atoms with Gasteiger partial charge in [0.15, 0.2) is 5.71 Å². The van der Waals surface area contributed by atoms with Gasteiger partial charge in [-0.2, -0.15) is 5.10 Å². The highest BCUT2D eigenvalue weighted by Crippen LogP contribution is 2.31. The zero-order chi connectivity index (χ0) is 23.0. The molecule has 0 aromatic heterocycles. The molecule has 1 amide bonds. The molecule has 0 aliphatic carbocycles. The summed E-state index contributed by atoms with van der Waals surface area (Å²) < 4.78 is 69.7. The molecule has 31 heavy (non-hydrogen) atoms. The lowest BCUT2D eigenvalue weighted by atomic mass is 10.1. The SMILES string of the molecule is COc1ccc(/C(C)=N/N=C2C(=O)Nc3ccc(OC(F)(F)F)cc32)cc1S(N)(=O)=O. The molecule has 0 spiro atoms. The third-order valence-electron chi connectivity index (χ3n) is 4.13. The summed E-state index contributed by atoms with van der Waals surface area (Å²) in [6, 6.07) is 7.41. The average Bonchev–Trinajstić information content (AvgIpc) is 2.98. The maximum absolute atomic E-state index is 12.5. The highest BCUT2D eigenvalue weighted by Gasteiger charge is 2.33. The van der Waals surface area contributed by atoms with Crippen LogP contribution in [0.2, 0.25) is 0 Å². The lowest BCUT2D eigenvalue weighted by Gasteiger charge is -2.09. The van der Waals surface area contributed by atoms with Crippen LogP contribution >= 0.6 is 0 Å². The van der Waals surface area contributed by atoms with Crippen LogP contribution in [0.1, 0.15) is 18.1 Å². The summed E-state index contributed by atoms with van der Waals surface area (Å²) in [5.41, 5.74) is 0.614. The van der Waals surface area contributed by atoms with Crippen molar-refractivity contribution in [2.75, 3.05) is 12.4 Å². The van der Waals surface area contributed by atoms with E-state index in [2.05, 4.69) is 20.3 Å². The fourth-order valence-corrected chi connectivity index (χ4v) is 3.46. The van der Waals surface area contributed by atoms with Gasteiger partial charge in [0.1, 0.15) is 16.4 Å². The second-order valence-corrected chi connectivity index (χ2v) is 7.78. The van der Waals surface area contributed by atoms with E-state index in [1.165, 1.54) is 38.3 Å². The Morgan fingerprint density at radius 1 is 1.16 bits per heavy atom. The Kier molecular flexibility index (Phi) is 5.74. The summed E-state index contributed by atoms with van der Waals surface area (Å²) in [6.07, 6.45) is -4.90. The van der Waals surface area contributed by atoms with E-state index in [1.54, 1.807) is 0 Å². The molecule has 0 saturated carbocycles. The minimum absolute atomic E-state index is 0.0339. The number of alkyl halides is 3. The number of hydrogen-bond donors (Lipinski definition) is 2. The van der Waals surface area contributed by atoms with Crippen molar-refractivity contribution in [1.29, 1.82) is 0 Å². The van der Waals surface area contributed by atoms with Gasteiger partial charge in [0.05, 0.1) is 18.5 Å². The van der Waals surface area contributed by atoms with Crippen molar-refractivity contribution in [3.63, 3.8) is 0 Å². The van der Waals surface area contributed by atoms with Gasteiger partial charge in [-0.15, -0.1) is 18.3 Å². The minimum Gasteiger partial charge on any atom is -0.495 e. The quantitative estimate of drug-likeness (QED) is 0.527. The normalized spacial score (nSPS) is 15.6. The van der Waals surface area contributed by atoms with Crippen LogP contribution in [0.15, 0.2) is 51.5 Å². The number of halogens is 3. The highest BCUT2D eigenvalue weighted by atomic mass is 32.2. The summed E-state index contributed by atoms with van der Waals surface area (Å²) in [4.78, 5) is 11.9. The first kappa shape index (κ1) is 22.2. The van der Waals surface area contributed by atoms with Crippen molar-refractivity contribution < 1.29 is 35.9 Å². The number of methoxy groups -OCH3 is 1. The predicted octanol–water partition coefficient (Wildman–Crippen LogP) is 2.41. The number of rotatable bonds is 5. The van der Waals surface area contributed by atoms with E-state index in [1.807, 2.05) is 0 Å². The molecule has 3 rings (SSSR count). The van der Waals surface area contributed by atoms with Crippen LogP contribution in [0, 0.1) is 0 Å². The van der Waals surface area contributed by atoms with Crippen LogP contribution in [0.25, 0.3) is 0 Å². The van der Waals surface area contributed by atoms with Gasteiger partial charge in [-0.1, -0.05) is 0 Å². The van der Waals surface area contributed by atoms with E-state index in [9.17, 15) is 26.4 Å². The van der Waals surface area contributed by atoms with Gasteiger partial charge in [0.2, 0.25) is 10.0 Å². The summed E-state index contributed by atoms with van der Waals surface area (Å²) in [5, 5.41) is 15.4. The third kappa shape index (κ3) is 5.00. The number of nitrogens with two attached hydrogens (primary N) is 1. The van der Waals surface area contributed by atoms with Gasteiger partial charge >= 0.3 is 6.36 Å². The number of anilines is 1. The second-order valence-electron chi connectivity index (χ2n) is 6.25. The Balaban J connectivity index is 1.98. The van der Waals surface area contributed by atoms with Gasteiger partial charge < -0.3 is 14.8 Å². The lowest BCUT2D eigenvalue weighted by Crippen LogP contribution is -2.17. The summed E-state index contributed by atoms with van der Waals surface area (Å²) >= 11 is 0. The first-order valence-corrected chi connectivity index (χ1v) is 9.98. The number of nitrogens with zero attached hydrogens (tertiary/aromatic N) is 2. The van der Waals surface area contributed by atoms with Gasteiger partial charge in [-0.3, -0.25) is 4.79 Å². The maximum Gasteiger partial charge on any atom is 0.573 e. The van der Waals surface area contributed by atoms with Crippen molar-refractivity contribution in [1.82, 2.24) is 0 Å². The second kappa shape index (κ2) is 8.00. The van der Waals surface area contributed by atoms with E-state index in [-0.39, 0.29) is 33.3 Å². The Bertz CT molecular complexity index is 1220. The molecule has 3 N–H and O–H groups in total. The van der Waals surface area contributed by atoms with Crippen LogP contribution in [-0.4, -0.2) is 39.2 Å². The molecular formula is C18H15F3N4O5S. The zero-order valence-corrected chi connectivity index (χ0v) is 16.8. The molecule has 0 fully saturated rings. The van der Waals surface area contributed by atoms with E-state index in [0.29, 0.717) is 5.56 Å². The lowest BCUT2D eigenvalue weighted by molar-refractivity contribution is -0.274. The molecule has 164 valence electrons. The largest absolute Gasteiger partial charge is 0.573 e. The number of primary sulfonamides is 1. The zero-order valence-electron chi connectivity index (χ0n) is 16.0. The predicted molar refractivity (Wildman–Crippen MR) is 105 cm³/mol. The van der Waals surface area contributed by atoms with Gasteiger partial charge in [0.25, 0.3) is 5.91 Å². The Hall–Kier alpha value is -3.45. The number of sulfonamides is 1. The molecular weight excluding hydrogens is 441 g/mol. The van der Waals surface area contributed by atoms with Gasteiger partial charge in [-0.05, 0) is 48.9 Å². The van der Waals surface area contributed by atoms with E-state index in [4.69, 9.17) is 9.88 Å². The van der Waals surface area contributed by atoms with E-state index >= 15 is 0 Å². The number of benzene rings is 2. The Morgan fingerprint density at radius 2 is 1.87 bits per heavy atom. The number of nitrogens with one attached hydrogen (secondary N) is 1. The Labute approximate surface area is 174 Å². The molecule has 0 unspecified atom stereocenters. The topological polar surface area (TPSA) is 132 Å². The summed E-state index contributed by atoms with van der Waals surface area (Å²) in [7, 11) is -2.81. The van der Waals surface area contributed by atoms with Crippen molar-refractivity contribution in [2.45, 2.75) is 18.2 Å². The van der Waals surface area contributed by atoms with E-state index < -0.39 is 28.0 Å². The smallest absolute Gasteiger partial charge is 0.495 e. The fraction of sp³-hybridized carbons (Fsp3) is 0.167. The minimum atomic E-state index is -4.90. The molecule has 13 heteroatoms. The van der Waals surface area contributed by atoms with Crippen molar-refractivity contribution in [3.8, 4) is 11.5 Å². The highest BCUT2D eigenvalue weighted by molar-refractivity contribution is 7.89. The molecule has 2 aromatic carbocycles. The molecule has 1 aliphatic heterocycles. The fourth-order valence-electron chi connectivity index (χ4n) is 2.74. The molecule has 0 bridgehead atoms. The number of ether oxygens (including phenoxy) is 2. The van der Waals surface area contributed by atoms with Crippen LogP contribution in [0.4, 0.5) is 18.9 Å². The molecule has 1 aliphatic rings. The van der Waals surface area contributed by atoms with Gasteiger partial charge in [-0.25, -0.2) is 13.6 Å². The summed E-state index contributed by atoms with van der Waals surface area (Å²) in [5.74, 6) is -1.16. The molecule has 2 aromatic rings. The number of hydrogen-bond acceptors (Lipinski definition) is 7. The van der Waals surface area contributed by atoms with Crippen LogP contribution < -0.4 is 19.9 Å². The van der Waals surface area contributed by atoms with Crippen molar-refractivity contribution >= 4 is 33.0 Å². The first-order valence-electron chi connectivity index (χ1n) is 8.44. The Morgan fingerprint density at radius 3 is 2.48 bits per heavy atom. The first-order chi connectivity index (χ1) is 14.4. The van der Waals surface area contributed by atoms with Crippen molar-refractivity contribution in [2.24, 2.45) is 15.3 Å². The van der Waals surface area contributed by atoms with Gasteiger partial charge in [0, 0.05) is 5.56 Å². The van der Waals surface area contributed by atoms with Crippen molar-refractivity contribution in [3.05, 3.63) is 47.5 Å².